The summed E-state index contributed by atoms with van der Waals surface area (Å²) in [6.07, 6.45) is -0.174. The van der Waals surface area contributed by atoms with Gasteiger partial charge in [0.25, 0.3) is 0 Å². The fourth-order valence-electron chi connectivity index (χ4n) is 2.16. The maximum atomic E-state index is 13.7. The molecule has 26 heavy (non-hydrogen) atoms. The van der Waals surface area contributed by atoms with E-state index in [4.69, 9.17) is 9.47 Å². The molecule has 1 atom stereocenters. The van der Waals surface area contributed by atoms with Crippen molar-refractivity contribution >= 4 is 20.5 Å². The number of rotatable bonds is 4. The van der Waals surface area contributed by atoms with E-state index in [1.807, 2.05) is 15.3 Å². The van der Waals surface area contributed by atoms with Crippen LogP contribution in [0.5, 0.6) is 11.5 Å². The van der Waals surface area contributed by atoms with Crippen molar-refractivity contribution in [3.8, 4) is 17.6 Å². The van der Waals surface area contributed by atoms with Gasteiger partial charge in [-0.1, -0.05) is 9.24 Å². The highest BCUT2D eigenvalue weighted by molar-refractivity contribution is 7.27. The summed E-state index contributed by atoms with van der Waals surface area (Å²) in [5.74, 6) is -5.63. The van der Waals surface area contributed by atoms with Gasteiger partial charge >= 0.3 is 5.97 Å². The number of benzene rings is 2. The van der Waals surface area contributed by atoms with Crippen molar-refractivity contribution in [2.75, 3.05) is 0 Å². The quantitative estimate of drug-likeness (QED) is 0.350. The van der Waals surface area contributed by atoms with Crippen LogP contribution in [0.25, 0.3) is 0 Å². The van der Waals surface area contributed by atoms with Gasteiger partial charge in [-0.15, -0.1) is 0 Å². The Balaban J connectivity index is 2.39. The molecule has 0 radical (unpaired) electrons. The van der Waals surface area contributed by atoms with Crippen molar-refractivity contribution < 1.29 is 27.4 Å². The molecule has 0 saturated carbocycles. The van der Waals surface area contributed by atoms with Crippen molar-refractivity contribution in [2.24, 2.45) is 0 Å². The summed E-state index contributed by atoms with van der Waals surface area (Å²) in [5, 5.41) is 8.79. The molecule has 0 fully saturated rings. The minimum absolute atomic E-state index is 0.0217. The molecular weight excluding hydrogens is 366 g/mol. The van der Waals surface area contributed by atoms with Crippen molar-refractivity contribution in [2.45, 2.75) is 26.9 Å². The summed E-state index contributed by atoms with van der Waals surface area (Å²) in [6, 6.07) is 5.93. The Morgan fingerprint density at radius 3 is 2.42 bits per heavy atom. The third-order valence-corrected chi connectivity index (χ3v) is 3.95. The Morgan fingerprint density at radius 1 is 1.19 bits per heavy atom. The smallest absolute Gasteiger partial charge is 0.343 e. The van der Waals surface area contributed by atoms with Gasteiger partial charge in [0.05, 0.1) is 22.5 Å². The Bertz CT molecular complexity index is 894. The largest absolute Gasteiger partial charge is 0.490 e. The molecule has 0 aromatic heterocycles. The Kier molecular flexibility index (Phi) is 5.89. The fraction of sp³-hybridized carbons (Fsp3) is 0.222. The molecule has 8 heteroatoms. The van der Waals surface area contributed by atoms with Crippen LogP contribution in [0.4, 0.5) is 13.2 Å². The van der Waals surface area contributed by atoms with Gasteiger partial charge in [-0.05, 0) is 39.0 Å². The molecule has 136 valence electrons. The first-order chi connectivity index (χ1) is 12.2. The molecule has 2 aromatic rings. The molecule has 2 rings (SSSR count). The zero-order valence-electron chi connectivity index (χ0n) is 14.2. The van der Waals surface area contributed by atoms with E-state index in [9.17, 15) is 23.2 Å². The molecule has 0 aliphatic heterocycles. The number of halogens is 3. The lowest BCUT2D eigenvalue weighted by Gasteiger charge is -2.14. The first kappa shape index (κ1) is 19.7. The number of ether oxygens (including phenoxy) is 2. The SMILES string of the molecule is Cc1c(F)c(F)c(F)c(P)c1OC(=O)c1ccc(OC(C)C)c(C#N)c1. The summed E-state index contributed by atoms with van der Waals surface area (Å²) in [6.45, 7) is 4.72. The maximum Gasteiger partial charge on any atom is 0.343 e. The van der Waals surface area contributed by atoms with Crippen LogP contribution in [-0.4, -0.2) is 12.1 Å². The lowest BCUT2D eigenvalue weighted by Crippen LogP contribution is -2.18. The van der Waals surface area contributed by atoms with E-state index in [2.05, 4.69) is 0 Å². The van der Waals surface area contributed by atoms with E-state index in [1.54, 1.807) is 13.8 Å². The molecule has 1 unspecified atom stereocenters. The van der Waals surface area contributed by atoms with Gasteiger partial charge in [-0.25, -0.2) is 18.0 Å². The van der Waals surface area contributed by atoms with E-state index < -0.39 is 34.5 Å². The number of hydrogen-bond acceptors (Lipinski definition) is 4. The number of hydrogen-bond donors (Lipinski definition) is 0. The van der Waals surface area contributed by atoms with Crippen LogP contribution >= 0.6 is 9.24 Å². The van der Waals surface area contributed by atoms with Crippen LogP contribution < -0.4 is 14.8 Å². The van der Waals surface area contributed by atoms with E-state index in [0.717, 1.165) is 6.92 Å². The minimum Gasteiger partial charge on any atom is -0.490 e. The highest BCUT2D eigenvalue weighted by Gasteiger charge is 2.24. The first-order valence-corrected chi connectivity index (χ1v) is 8.10. The topological polar surface area (TPSA) is 59.3 Å². The zero-order chi connectivity index (χ0) is 19.6. The number of carbonyl (C=O) groups excluding carboxylic acids is 1. The second-order valence-electron chi connectivity index (χ2n) is 5.69. The molecule has 0 heterocycles. The average Bonchev–Trinajstić information content (AvgIpc) is 2.61. The van der Waals surface area contributed by atoms with Gasteiger partial charge < -0.3 is 9.47 Å². The van der Waals surface area contributed by atoms with Gasteiger partial charge in [-0.3, -0.25) is 0 Å². The molecule has 0 amide bonds. The third-order valence-electron chi connectivity index (χ3n) is 3.43. The molecule has 0 aliphatic rings. The lowest BCUT2D eigenvalue weighted by atomic mass is 10.1. The molecule has 4 nitrogen and oxygen atoms in total. The van der Waals surface area contributed by atoms with Crippen molar-refractivity contribution in [3.05, 3.63) is 52.3 Å². The van der Waals surface area contributed by atoms with Crippen LogP contribution in [0.1, 0.15) is 35.3 Å². The second kappa shape index (κ2) is 7.76. The number of nitrogens with zero attached hydrogens (tertiary/aromatic N) is 1. The van der Waals surface area contributed by atoms with Gasteiger partial charge in [-0.2, -0.15) is 5.26 Å². The summed E-state index contributed by atoms with van der Waals surface area (Å²) < 4.78 is 51.3. The third kappa shape index (κ3) is 3.81. The summed E-state index contributed by atoms with van der Waals surface area (Å²) >= 11 is 0. The van der Waals surface area contributed by atoms with Gasteiger partial charge in [0.1, 0.15) is 17.6 Å². The number of esters is 1. The Morgan fingerprint density at radius 2 is 1.85 bits per heavy atom. The highest BCUT2D eigenvalue weighted by atomic mass is 31.0. The van der Waals surface area contributed by atoms with Gasteiger partial charge in [0, 0.05) is 5.56 Å². The normalized spacial score (nSPS) is 10.6. The molecule has 2 aromatic carbocycles. The predicted octanol–water partition coefficient (Wildman–Crippen LogP) is 3.79. The van der Waals surface area contributed by atoms with Crippen LogP contribution in [0.2, 0.25) is 0 Å². The predicted molar refractivity (Wildman–Crippen MR) is 92.3 cm³/mol. The molecule has 0 spiro atoms. The number of nitriles is 1. The fourth-order valence-corrected chi connectivity index (χ4v) is 2.57. The van der Waals surface area contributed by atoms with Crippen LogP contribution in [-0.2, 0) is 0 Å². The Labute approximate surface area is 150 Å². The van der Waals surface area contributed by atoms with Gasteiger partial charge in [0.2, 0.25) is 0 Å². The van der Waals surface area contributed by atoms with E-state index in [0.29, 0.717) is 5.75 Å². The van der Waals surface area contributed by atoms with Crippen molar-refractivity contribution in [1.82, 2.24) is 0 Å². The highest BCUT2D eigenvalue weighted by Crippen LogP contribution is 2.27. The lowest BCUT2D eigenvalue weighted by molar-refractivity contribution is 0.0734. The maximum absolute atomic E-state index is 13.7. The summed E-state index contributed by atoms with van der Waals surface area (Å²) in [5.41, 5.74) is -0.262. The van der Waals surface area contributed by atoms with Crippen LogP contribution in [0, 0.1) is 35.7 Å². The molecule has 0 N–H and O–H groups in total. The second-order valence-corrected chi connectivity index (χ2v) is 6.27. The van der Waals surface area contributed by atoms with E-state index >= 15 is 0 Å². The monoisotopic (exact) mass is 381 g/mol. The van der Waals surface area contributed by atoms with Crippen molar-refractivity contribution in [3.63, 3.8) is 0 Å². The summed E-state index contributed by atoms with van der Waals surface area (Å²) in [7, 11) is 1.88. The van der Waals surface area contributed by atoms with Gasteiger partial charge in [0.15, 0.2) is 17.5 Å². The average molecular weight is 381 g/mol. The zero-order valence-corrected chi connectivity index (χ0v) is 15.3. The molecule has 0 saturated heterocycles. The van der Waals surface area contributed by atoms with Crippen LogP contribution in [0.15, 0.2) is 18.2 Å². The van der Waals surface area contributed by atoms with Crippen LogP contribution in [0.3, 0.4) is 0 Å². The van der Waals surface area contributed by atoms with Crippen molar-refractivity contribution in [1.29, 1.82) is 5.26 Å². The minimum atomic E-state index is -1.64. The van der Waals surface area contributed by atoms with E-state index in [-0.39, 0.29) is 22.8 Å². The van der Waals surface area contributed by atoms with E-state index in [1.165, 1.54) is 18.2 Å². The first-order valence-electron chi connectivity index (χ1n) is 7.52. The Hall–Kier alpha value is -2.58. The molecule has 0 bridgehead atoms. The standard InChI is InChI=1S/C18H15F3NO3P/c1-8(2)24-12-5-4-10(6-11(12)7-22)18(23)25-16-9(3)13(19)14(20)15(21)17(16)26/h4-6,8H,26H2,1-3H3. The summed E-state index contributed by atoms with van der Waals surface area (Å²) in [4.78, 5) is 12.3. The number of carbonyl (C=O) groups is 1. The molecular formula is C18H15F3NO3P. The molecule has 0 aliphatic carbocycles.